The molecule has 2 aromatic carbocycles. The molecule has 2 heterocycles. The summed E-state index contributed by atoms with van der Waals surface area (Å²) in [6.07, 6.45) is 1.69. The number of ether oxygens (including phenoxy) is 1. The van der Waals surface area contributed by atoms with Crippen LogP contribution in [0.5, 0.6) is 0 Å². The summed E-state index contributed by atoms with van der Waals surface area (Å²) in [4.78, 5) is 34.5. The van der Waals surface area contributed by atoms with Gasteiger partial charge in [-0.05, 0) is 17.7 Å². The highest BCUT2D eigenvalue weighted by atomic mass is 32.1. The molecule has 4 aromatic rings. The lowest BCUT2D eigenvalue weighted by atomic mass is 10.0. The largest absolute Gasteiger partial charge is 0.467 e. The first-order chi connectivity index (χ1) is 14.2. The molecule has 7 heteroatoms. The molecule has 0 aliphatic carbocycles. The number of carbonyl (C=O) groups excluding carboxylic acids is 2. The number of para-hydroxylation sites is 1. The van der Waals surface area contributed by atoms with Gasteiger partial charge in [0.2, 0.25) is 0 Å². The van der Waals surface area contributed by atoms with Crippen molar-refractivity contribution in [2.24, 2.45) is 0 Å². The maximum Gasteiger partial charge on any atom is 0.333 e. The zero-order chi connectivity index (χ0) is 20.2. The van der Waals surface area contributed by atoms with E-state index in [1.54, 1.807) is 36.5 Å². The Morgan fingerprint density at radius 3 is 2.55 bits per heavy atom. The van der Waals surface area contributed by atoms with Gasteiger partial charge < -0.3 is 10.1 Å². The number of carbonyl (C=O) groups is 2. The Balaban J connectivity index is 1.77. The number of amides is 1. The van der Waals surface area contributed by atoms with E-state index in [0.717, 1.165) is 5.01 Å². The van der Waals surface area contributed by atoms with Gasteiger partial charge in [0.25, 0.3) is 5.91 Å². The maximum absolute atomic E-state index is 13.2. The van der Waals surface area contributed by atoms with Gasteiger partial charge in [0.05, 0.1) is 18.2 Å². The first-order valence-corrected chi connectivity index (χ1v) is 9.78. The lowest BCUT2D eigenvalue weighted by Gasteiger charge is -2.18. The molecule has 1 N–H and O–H groups in total. The van der Waals surface area contributed by atoms with Crippen LogP contribution in [0.25, 0.3) is 21.6 Å². The second-order valence-electron chi connectivity index (χ2n) is 6.25. The number of fused-ring (bicyclic) bond motifs is 1. The van der Waals surface area contributed by atoms with E-state index in [2.05, 4.69) is 15.3 Å². The number of rotatable bonds is 5. The van der Waals surface area contributed by atoms with Crippen LogP contribution in [-0.4, -0.2) is 29.0 Å². The molecule has 0 saturated heterocycles. The van der Waals surface area contributed by atoms with Gasteiger partial charge in [-0.3, -0.25) is 4.79 Å². The van der Waals surface area contributed by atoms with Gasteiger partial charge in [0.15, 0.2) is 6.04 Å². The predicted octanol–water partition coefficient (Wildman–Crippen LogP) is 4.00. The Morgan fingerprint density at radius 1 is 1.07 bits per heavy atom. The van der Waals surface area contributed by atoms with Gasteiger partial charge >= 0.3 is 5.97 Å². The van der Waals surface area contributed by atoms with Gasteiger partial charge in [0, 0.05) is 17.0 Å². The van der Waals surface area contributed by atoms with E-state index in [0.29, 0.717) is 27.7 Å². The maximum atomic E-state index is 13.2. The van der Waals surface area contributed by atoms with E-state index in [1.165, 1.54) is 18.4 Å². The van der Waals surface area contributed by atoms with E-state index < -0.39 is 12.0 Å². The number of hydrogen-bond acceptors (Lipinski definition) is 6. The highest BCUT2D eigenvalue weighted by Gasteiger charge is 2.25. The lowest BCUT2D eigenvalue weighted by Crippen LogP contribution is -2.34. The average molecular weight is 403 g/mol. The third-order valence-electron chi connectivity index (χ3n) is 4.46. The molecule has 0 radical (unpaired) electrons. The highest BCUT2D eigenvalue weighted by Crippen LogP contribution is 2.27. The molecule has 0 saturated carbocycles. The zero-order valence-electron chi connectivity index (χ0n) is 15.5. The van der Waals surface area contributed by atoms with E-state index in [9.17, 15) is 9.59 Å². The minimum Gasteiger partial charge on any atom is -0.467 e. The third-order valence-corrected chi connectivity index (χ3v) is 5.25. The van der Waals surface area contributed by atoms with Crippen LogP contribution in [0.3, 0.4) is 0 Å². The summed E-state index contributed by atoms with van der Waals surface area (Å²) in [5.41, 5.74) is 2.36. The number of methoxy groups -OCH3 is 1. The molecule has 0 aliphatic rings. The highest BCUT2D eigenvalue weighted by molar-refractivity contribution is 7.13. The topological polar surface area (TPSA) is 81.2 Å². The van der Waals surface area contributed by atoms with Crippen molar-refractivity contribution >= 4 is 34.1 Å². The van der Waals surface area contributed by atoms with Crippen LogP contribution in [0.2, 0.25) is 0 Å². The molecular weight excluding hydrogens is 386 g/mol. The molecule has 0 fully saturated rings. The van der Waals surface area contributed by atoms with Crippen LogP contribution in [0.15, 0.2) is 72.2 Å². The Kier molecular flexibility index (Phi) is 5.31. The Bertz CT molecular complexity index is 1160. The fourth-order valence-electron chi connectivity index (χ4n) is 3.07. The van der Waals surface area contributed by atoms with E-state index >= 15 is 0 Å². The van der Waals surface area contributed by atoms with Crippen LogP contribution in [0.1, 0.15) is 22.0 Å². The molecule has 1 atom stereocenters. The van der Waals surface area contributed by atoms with E-state index in [4.69, 9.17) is 4.74 Å². The van der Waals surface area contributed by atoms with Gasteiger partial charge in [-0.2, -0.15) is 0 Å². The second-order valence-corrected chi connectivity index (χ2v) is 7.14. The zero-order valence-corrected chi connectivity index (χ0v) is 16.3. The van der Waals surface area contributed by atoms with Crippen molar-refractivity contribution in [3.05, 3.63) is 83.4 Å². The van der Waals surface area contributed by atoms with Gasteiger partial charge in [-0.15, -0.1) is 11.3 Å². The number of hydrogen-bond donors (Lipinski definition) is 1. The molecule has 0 bridgehead atoms. The quantitative estimate of drug-likeness (QED) is 0.510. The van der Waals surface area contributed by atoms with Crippen molar-refractivity contribution in [1.82, 2.24) is 15.3 Å². The third kappa shape index (κ3) is 3.86. The van der Waals surface area contributed by atoms with Crippen LogP contribution >= 0.6 is 11.3 Å². The van der Waals surface area contributed by atoms with E-state index in [-0.39, 0.29) is 5.91 Å². The number of nitrogens with zero attached hydrogens (tertiary/aromatic N) is 2. The SMILES string of the molecule is COC(=O)C(NC(=O)c1cc(-c2nccs2)nc2ccccc12)c1ccccc1. The van der Waals surface area contributed by atoms with Crippen LogP contribution < -0.4 is 5.32 Å². The molecule has 0 spiro atoms. The molecule has 0 aliphatic heterocycles. The standard InChI is InChI=1S/C22H17N3O3S/c1-28-22(27)19(14-7-3-2-4-8-14)25-20(26)16-13-18(21-23-11-12-29-21)24-17-10-6-5-9-15(16)17/h2-13,19H,1H3,(H,25,26). The monoisotopic (exact) mass is 403 g/mol. The summed E-state index contributed by atoms with van der Waals surface area (Å²) in [5.74, 6) is -0.927. The fourth-order valence-corrected chi connectivity index (χ4v) is 3.67. The van der Waals surface area contributed by atoms with Crippen molar-refractivity contribution in [3.8, 4) is 10.7 Å². The van der Waals surface area contributed by atoms with Crippen LogP contribution in [-0.2, 0) is 9.53 Å². The van der Waals surface area contributed by atoms with Crippen LogP contribution in [0.4, 0.5) is 0 Å². The minimum absolute atomic E-state index is 0.388. The number of aromatic nitrogens is 2. The Hall–Kier alpha value is -3.58. The molecule has 1 unspecified atom stereocenters. The summed E-state index contributed by atoms with van der Waals surface area (Å²) in [7, 11) is 1.30. The summed E-state index contributed by atoms with van der Waals surface area (Å²) >= 11 is 1.44. The normalized spacial score (nSPS) is 11.8. The summed E-state index contributed by atoms with van der Waals surface area (Å²) in [6, 6.07) is 17.2. The number of pyridine rings is 1. The Labute approximate surface area is 171 Å². The molecule has 4 rings (SSSR count). The summed E-state index contributed by atoms with van der Waals surface area (Å²) in [6.45, 7) is 0. The van der Waals surface area contributed by atoms with Crippen molar-refractivity contribution < 1.29 is 14.3 Å². The van der Waals surface area contributed by atoms with Gasteiger partial charge in [-0.1, -0.05) is 48.5 Å². The molecule has 144 valence electrons. The van der Waals surface area contributed by atoms with Crippen molar-refractivity contribution in [3.63, 3.8) is 0 Å². The van der Waals surface area contributed by atoms with E-state index in [1.807, 2.05) is 35.7 Å². The minimum atomic E-state index is -0.913. The number of thiazole rings is 1. The number of benzene rings is 2. The first kappa shape index (κ1) is 18.8. The number of nitrogens with one attached hydrogen (secondary N) is 1. The second kappa shape index (κ2) is 8.20. The summed E-state index contributed by atoms with van der Waals surface area (Å²) < 4.78 is 4.90. The number of esters is 1. The van der Waals surface area contributed by atoms with Gasteiger partial charge in [0.1, 0.15) is 10.7 Å². The molecule has 29 heavy (non-hydrogen) atoms. The molecule has 2 aromatic heterocycles. The molecular formula is C22H17N3O3S. The van der Waals surface area contributed by atoms with Gasteiger partial charge in [-0.25, -0.2) is 14.8 Å². The Morgan fingerprint density at radius 2 is 1.83 bits per heavy atom. The van der Waals surface area contributed by atoms with Crippen molar-refractivity contribution in [2.75, 3.05) is 7.11 Å². The van der Waals surface area contributed by atoms with Crippen molar-refractivity contribution in [1.29, 1.82) is 0 Å². The van der Waals surface area contributed by atoms with Crippen LogP contribution in [0, 0.1) is 0 Å². The molecule has 6 nitrogen and oxygen atoms in total. The first-order valence-electron chi connectivity index (χ1n) is 8.90. The molecule has 1 amide bonds. The average Bonchev–Trinajstić information content (AvgIpc) is 3.31. The van der Waals surface area contributed by atoms with Crippen molar-refractivity contribution in [2.45, 2.75) is 6.04 Å². The lowest BCUT2D eigenvalue weighted by molar-refractivity contribution is -0.143. The fraction of sp³-hybridized carbons (Fsp3) is 0.0909. The predicted molar refractivity (Wildman–Crippen MR) is 112 cm³/mol. The smallest absolute Gasteiger partial charge is 0.333 e. The summed E-state index contributed by atoms with van der Waals surface area (Å²) in [5, 5.41) is 6.08.